The maximum absolute atomic E-state index is 10.3. The Morgan fingerprint density at radius 3 is 1.93 bits per heavy atom. The summed E-state index contributed by atoms with van der Waals surface area (Å²) in [6.45, 7) is 0. The maximum atomic E-state index is 10.3. The van der Waals surface area contributed by atoms with Crippen LogP contribution in [0.1, 0.15) is 10.4 Å². The third-order valence-corrected chi connectivity index (χ3v) is 1.20. The van der Waals surface area contributed by atoms with Crippen LogP contribution in [0.5, 0.6) is 0 Å². The second-order valence-electron chi connectivity index (χ2n) is 2.23. The summed E-state index contributed by atoms with van der Waals surface area (Å²) in [7, 11) is 0. The fourth-order valence-corrected chi connectivity index (χ4v) is 0.647. The molecule has 0 aliphatic carbocycles. The number of hydrogen-bond acceptors (Lipinski definition) is 4. The Hall–Kier alpha value is -2.15. The fraction of sp³-hybridized carbons (Fsp3) is 0. The highest BCUT2D eigenvalue weighted by atomic mass is 16.9. The van der Waals surface area contributed by atoms with Crippen molar-refractivity contribution in [2.75, 3.05) is 0 Å². The van der Waals surface area contributed by atoms with E-state index in [0.717, 1.165) is 5.69 Å². The van der Waals surface area contributed by atoms with Crippen molar-refractivity contribution in [3.05, 3.63) is 45.2 Å². The Balaban J connectivity index is 0.000000364. The topological polar surface area (TPSA) is 131 Å². The summed E-state index contributed by atoms with van der Waals surface area (Å²) in [5.41, 5.74) is 4.75. The minimum absolute atomic E-state index is 0.299. The van der Waals surface area contributed by atoms with Gasteiger partial charge in [-0.25, -0.2) is 4.79 Å². The van der Waals surface area contributed by atoms with E-state index in [4.69, 9.17) is 20.4 Å². The van der Waals surface area contributed by atoms with E-state index in [1.165, 1.54) is 12.1 Å². The minimum atomic E-state index is -1.75. The number of nitrogens with zero attached hydrogens (tertiary/aromatic N) is 1. The smallest absolute Gasteiger partial charge is 0.335 e. The second-order valence-corrected chi connectivity index (χ2v) is 2.23. The van der Waals surface area contributed by atoms with Crippen molar-refractivity contribution in [2.24, 2.45) is 0 Å². The van der Waals surface area contributed by atoms with Crippen LogP contribution in [0.2, 0.25) is 0 Å². The fourth-order valence-electron chi connectivity index (χ4n) is 0.647. The van der Waals surface area contributed by atoms with Crippen LogP contribution in [0, 0.1) is 15.3 Å². The maximum Gasteiger partial charge on any atom is 0.335 e. The molecule has 0 amide bonds. The molecule has 0 fully saturated rings. The normalized spacial score (nSPS) is 8.36. The molecule has 0 unspecified atom stereocenters. The largest absolute Gasteiger partial charge is 0.478 e. The van der Waals surface area contributed by atoms with Crippen LogP contribution in [0.3, 0.4) is 0 Å². The molecule has 0 saturated carbocycles. The monoisotopic (exact) mass is 200 g/mol. The Morgan fingerprint density at radius 2 is 1.64 bits per heavy atom. The molecule has 4 N–H and O–H groups in total. The molecule has 1 aromatic carbocycles. The first kappa shape index (κ1) is 11.8. The third-order valence-electron chi connectivity index (χ3n) is 1.20. The lowest BCUT2D eigenvalue weighted by molar-refractivity contribution is -0.402. The van der Waals surface area contributed by atoms with E-state index in [1.807, 2.05) is 0 Å². The van der Waals surface area contributed by atoms with Gasteiger partial charge >= 0.3 is 5.97 Å². The van der Waals surface area contributed by atoms with Crippen molar-refractivity contribution in [3.8, 4) is 0 Å². The predicted octanol–water partition coefficient (Wildman–Crippen LogP) is 0.0191. The number of carboxylic acids is 1. The van der Waals surface area contributed by atoms with E-state index < -0.39 is 11.1 Å². The van der Waals surface area contributed by atoms with Crippen molar-refractivity contribution in [1.29, 1.82) is 0 Å². The van der Waals surface area contributed by atoms with Gasteiger partial charge < -0.3 is 26.2 Å². The highest BCUT2D eigenvalue weighted by molar-refractivity contribution is 5.87. The Labute approximate surface area is 78.5 Å². The summed E-state index contributed by atoms with van der Waals surface area (Å²) in [5.74, 6) is -0.903. The van der Waals surface area contributed by atoms with Crippen molar-refractivity contribution >= 4 is 11.7 Å². The lowest BCUT2D eigenvalue weighted by atomic mass is 10.2. The summed E-state index contributed by atoms with van der Waals surface area (Å²) in [5, 5.41) is 23.2. The molecule has 0 aliphatic rings. The average molecular weight is 200 g/mol. The molecule has 14 heavy (non-hydrogen) atoms. The highest BCUT2D eigenvalue weighted by Crippen LogP contribution is 2.02. The van der Waals surface area contributed by atoms with E-state index in [9.17, 15) is 4.79 Å². The van der Waals surface area contributed by atoms with Gasteiger partial charge in [0, 0.05) is 0 Å². The van der Waals surface area contributed by atoms with Crippen LogP contribution in [-0.4, -0.2) is 16.2 Å². The Bertz CT molecular complexity index is 317. The number of rotatable bonds is 1. The zero-order chi connectivity index (χ0) is 11.1. The zero-order valence-corrected chi connectivity index (χ0v) is 7.04. The molecule has 0 saturated heterocycles. The summed E-state index contributed by atoms with van der Waals surface area (Å²) < 4.78 is 0. The first-order valence-electron chi connectivity index (χ1n) is 3.40. The molecule has 0 aliphatic heterocycles. The SMILES string of the molecule is O=[N+]([O-])[O-].[NH3+]c1ccc(C(=O)O)cc1. The standard InChI is InChI=1S/C7H7NO2.NO3/c8-6-3-1-5(2-4-6)7(9)10;2-1(3)4/h1-4H,8H2,(H,9,10);/q;-1/p+1. The molecular formula is C7H8N2O5. The molecule has 1 rings (SSSR count). The van der Waals surface area contributed by atoms with Gasteiger partial charge in [-0.2, -0.15) is 0 Å². The van der Waals surface area contributed by atoms with E-state index in [1.54, 1.807) is 12.1 Å². The van der Waals surface area contributed by atoms with Crippen molar-refractivity contribution in [2.45, 2.75) is 0 Å². The second kappa shape index (κ2) is 5.49. The Morgan fingerprint density at radius 1 is 1.29 bits per heavy atom. The van der Waals surface area contributed by atoms with E-state index in [-0.39, 0.29) is 0 Å². The van der Waals surface area contributed by atoms with Crippen LogP contribution in [0.25, 0.3) is 0 Å². The highest BCUT2D eigenvalue weighted by Gasteiger charge is 1.99. The molecule has 0 spiro atoms. The van der Waals surface area contributed by atoms with Gasteiger partial charge in [-0.15, -0.1) is 0 Å². The zero-order valence-electron chi connectivity index (χ0n) is 7.04. The quantitative estimate of drug-likeness (QED) is 0.487. The molecule has 76 valence electrons. The lowest BCUT2D eigenvalue weighted by Crippen LogP contribution is -2.39. The average Bonchev–Trinajstić information content (AvgIpc) is 2.03. The van der Waals surface area contributed by atoms with Crippen LogP contribution in [0.4, 0.5) is 5.69 Å². The van der Waals surface area contributed by atoms with Gasteiger partial charge in [0.2, 0.25) is 0 Å². The number of benzene rings is 1. The molecule has 1 aromatic rings. The van der Waals surface area contributed by atoms with Crippen molar-refractivity contribution < 1.29 is 20.7 Å². The molecule has 0 atom stereocenters. The van der Waals surface area contributed by atoms with Crippen LogP contribution >= 0.6 is 0 Å². The summed E-state index contributed by atoms with van der Waals surface area (Å²) in [6, 6.07) is 6.40. The first-order valence-corrected chi connectivity index (χ1v) is 3.40. The van der Waals surface area contributed by atoms with Gasteiger partial charge in [0.1, 0.15) is 5.69 Å². The van der Waals surface area contributed by atoms with Crippen molar-refractivity contribution in [1.82, 2.24) is 0 Å². The molecular weight excluding hydrogens is 192 g/mol. The van der Waals surface area contributed by atoms with E-state index in [2.05, 4.69) is 5.73 Å². The van der Waals surface area contributed by atoms with Gasteiger partial charge in [0.05, 0.1) is 10.7 Å². The minimum Gasteiger partial charge on any atom is -0.478 e. The predicted molar refractivity (Wildman–Crippen MR) is 46.3 cm³/mol. The summed E-state index contributed by atoms with van der Waals surface area (Å²) >= 11 is 0. The molecule has 0 bridgehead atoms. The van der Waals surface area contributed by atoms with Gasteiger partial charge in [0.15, 0.2) is 0 Å². The molecule has 7 nitrogen and oxygen atoms in total. The van der Waals surface area contributed by atoms with Gasteiger partial charge in [-0.05, 0) is 24.3 Å². The molecule has 0 heterocycles. The van der Waals surface area contributed by atoms with Gasteiger partial charge in [-0.3, -0.25) is 0 Å². The summed E-state index contributed by atoms with van der Waals surface area (Å²) in [6.07, 6.45) is 0. The van der Waals surface area contributed by atoms with Crippen LogP contribution < -0.4 is 5.73 Å². The third kappa shape index (κ3) is 5.49. The van der Waals surface area contributed by atoms with Crippen LogP contribution in [-0.2, 0) is 0 Å². The first-order chi connectivity index (χ1) is 6.43. The molecule has 0 aromatic heterocycles. The van der Waals surface area contributed by atoms with Crippen LogP contribution in [0.15, 0.2) is 24.3 Å². The number of aromatic carboxylic acids is 1. The molecule has 7 heteroatoms. The lowest BCUT2D eigenvalue weighted by Gasteiger charge is -1.90. The van der Waals surface area contributed by atoms with Gasteiger partial charge in [0.25, 0.3) is 0 Å². The van der Waals surface area contributed by atoms with Gasteiger partial charge in [-0.1, -0.05) is 0 Å². The van der Waals surface area contributed by atoms with E-state index >= 15 is 0 Å². The number of hydrogen-bond donors (Lipinski definition) is 2. The number of quaternary nitrogens is 1. The van der Waals surface area contributed by atoms with E-state index in [0.29, 0.717) is 5.56 Å². The number of carbonyl (C=O) groups is 1. The van der Waals surface area contributed by atoms with Crippen molar-refractivity contribution in [3.63, 3.8) is 0 Å². The Kier molecular flexibility index (Phi) is 4.65. The molecule has 0 radical (unpaired) electrons. The number of carboxylic acid groups (broad SMARTS) is 1. The summed E-state index contributed by atoms with van der Waals surface area (Å²) in [4.78, 5) is 18.5.